The second-order valence-corrected chi connectivity index (χ2v) is 17.5. The lowest BCUT2D eigenvalue weighted by atomic mass is 9.71. The van der Waals surface area contributed by atoms with Crippen molar-refractivity contribution in [3.05, 3.63) is 82.3 Å². The van der Waals surface area contributed by atoms with Gasteiger partial charge in [-0.15, -0.1) is 0 Å². The molecule has 3 aromatic rings. The molecule has 7 heterocycles. The van der Waals surface area contributed by atoms with Crippen LogP contribution in [-0.4, -0.2) is 131 Å². The highest BCUT2D eigenvalue weighted by Crippen LogP contribution is 2.42. The fourth-order valence-electron chi connectivity index (χ4n) is 10.2. The molecule has 310 valence electrons. The zero-order chi connectivity index (χ0) is 40.8. The van der Waals surface area contributed by atoms with Gasteiger partial charge in [-0.05, 0) is 98.3 Å². The first-order valence-electron chi connectivity index (χ1n) is 21.3. The first kappa shape index (κ1) is 38.9. The van der Waals surface area contributed by atoms with Gasteiger partial charge in [0.1, 0.15) is 17.6 Å². The summed E-state index contributed by atoms with van der Waals surface area (Å²) >= 11 is 0. The van der Waals surface area contributed by atoms with Crippen molar-refractivity contribution in [3.63, 3.8) is 0 Å². The van der Waals surface area contributed by atoms with Crippen molar-refractivity contribution < 1.29 is 24.0 Å². The van der Waals surface area contributed by atoms with Crippen LogP contribution in [-0.2, 0) is 29.1 Å². The average Bonchev–Trinajstić information content (AvgIpc) is 3.75. The second-order valence-electron chi connectivity index (χ2n) is 17.5. The Morgan fingerprint density at radius 3 is 2.32 bits per heavy atom. The smallest absolute Gasteiger partial charge is 0.320 e. The van der Waals surface area contributed by atoms with E-state index in [0.29, 0.717) is 48.4 Å². The summed E-state index contributed by atoms with van der Waals surface area (Å²) in [6.07, 6.45) is 9.25. The maximum atomic E-state index is 13.1. The molecule has 2 atom stereocenters. The van der Waals surface area contributed by atoms with E-state index in [-0.39, 0.29) is 41.9 Å². The summed E-state index contributed by atoms with van der Waals surface area (Å²) in [6.45, 7) is 8.32. The minimum Gasteiger partial charge on any atom is -0.371 e. The van der Waals surface area contributed by atoms with Gasteiger partial charge in [0.05, 0.1) is 17.9 Å². The number of imide groups is 1. The molecule has 3 N–H and O–H groups in total. The largest absolute Gasteiger partial charge is 0.371 e. The van der Waals surface area contributed by atoms with E-state index in [4.69, 9.17) is 10.7 Å². The van der Waals surface area contributed by atoms with Crippen LogP contribution in [0.4, 0.5) is 16.3 Å². The number of nitrogens with zero attached hydrogens (tertiary/aromatic N) is 8. The Kier molecular flexibility index (Phi) is 10.5. The maximum absolute atomic E-state index is 13.1. The molecule has 15 nitrogen and oxygen atoms in total. The molecule has 15 heteroatoms. The van der Waals surface area contributed by atoms with E-state index >= 15 is 0 Å². The van der Waals surface area contributed by atoms with Gasteiger partial charge >= 0.3 is 6.03 Å². The zero-order valence-electron chi connectivity index (χ0n) is 33.9. The SMILES string of the molecule is CN1CCN([C@@H]2CCCN(c3cnc(C(N)=O)c(Cc4ccc(N5CCC6(CCN(Cc7ccc8c(c7)CN([C@@H]7CCC(=O)NC7=O)C8=O)CC6)CC5)cc4)n3)C2)C1=O. The molecule has 0 radical (unpaired) electrons. The third-order valence-electron chi connectivity index (χ3n) is 13.9. The lowest BCUT2D eigenvalue weighted by Gasteiger charge is -2.47. The summed E-state index contributed by atoms with van der Waals surface area (Å²) < 4.78 is 0. The first-order valence-corrected chi connectivity index (χ1v) is 21.3. The summed E-state index contributed by atoms with van der Waals surface area (Å²) in [6, 6.07) is 14.2. The van der Waals surface area contributed by atoms with E-state index in [9.17, 15) is 24.0 Å². The number of amides is 6. The topological polar surface area (TPSA) is 169 Å². The Morgan fingerprint density at radius 2 is 1.61 bits per heavy atom. The summed E-state index contributed by atoms with van der Waals surface area (Å²) in [5.74, 6) is -0.673. The molecule has 2 aromatic carbocycles. The van der Waals surface area contributed by atoms with Crippen molar-refractivity contribution in [2.45, 2.75) is 83.0 Å². The highest BCUT2D eigenvalue weighted by atomic mass is 16.2. The fourth-order valence-corrected chi connectivity index (χ4v) is 10.2. The van der Waals surface area contributed by atoms with Crippen molar-refractivity contribution in [2.24, 2.45) is 11.1 Å². The van der Waals surface area contributed by atoms with Gasteiger partial charge in [0.15, 0.2) is 0 Å². The van der Waals surface area contributed by atoms with Gasteiger partial charge in [-0.25, -0.2) is 14.8 Å². The number of nitrogens with one attached hydrogen (secondary N) is 1. The quantitative estimate of drug-likeness (QED) is 0.307. The number of anilines is 2. The van der Waals surface area contributed by atoms with E-state index < -0.39 is 11.9 Å². The van der Waals surface area contributed by atoms with Gasteiger partial charge in [-0.3, -0.25) is 29.4 Å². The number of nitrogens with two attached hydrogens (primary N) is 1. The Hall–Kier alpha value is -5.57. The minimum atomic E-state index is -0.597. The number of carbonyl (C=O) groups excluding carboxylic acids is 5. The number of carbonyl (C=O) groups is 5. The number of primary amides is 1. The van der Waals surface area contributed by atoms with Gasteiger partial charge in [-0.1, -0.05) is 24.3 Å². The van der Waals surface area contributed by atoms with Crippen LogP contribution >= 0.6 is 0 Å². The Labute approximate surface area is 344 Å². The molecular formula is C44H54N10O5. The fraction of sp³-hybridized carbons (Fsp3) is 0.523. The molecule has 0 unspecified atom stereocenters. The zero-order valence-corrected chi connectivity index (χ0v) is 33.9. The van der Waals surface area contributed by atoms with Gasteiger partial charge in [0, 0.05) is 83.5 Å². The molecule has 1 spiro atoms. The normalized spacial score (nSPS) is 23.6. The van der Waals surface area contributed by atoms with Crippen LogP contribution in [0.25, 0.3) is 0 Å². The number of aromatic nitrogens is 2. The summed E-state index contributed by atoms with van der Waals surface area (Å²) in [5.41, 5.74) is 11.9. The van der Waals surface area contributed by atoms with Crippen LogP contribution in [0.3, 0.4) is 0 Å². The van der Waals surface area contributed by atoms with Crippen molar-refractivity contribution in [1.29, 1.82) is 0 Å². The molecule has 5 fully saturated rings. The minimum absolute atomic E-state index is 0.0788. The van der Waals surface area contributed by atoms with Crippen LogP contribution in [0.2, 0.25) is 0 Å². The Bertz CT molecular complexity index is 2140. The van der Waals surface area contributed by atoms with Crippen molar-refractivity contribution in [2.75, 3.05) is 69.2 Å². The standard InChI is InChI=1S/C44H54N10O5/c1-49-21-22-53(43(49)59)33-3-2-16-52(28-33)37-25-46-39(40(45)56)35(47-37)24-29-4-7-32(8-5-29)51-19-14-44(15-20-51)12-17-50(18-13-44)26-30-6-9-34-31(23-30)27-54(42(34)58)36-10-11-38(55)48-41(36)57/h4-9,23,25,33,36H,2-3,10-22,24,26-28H2,1H3,(H2,45,56)(H,48,55,57)/t33-,36-/m1/s1. The molecule has 6 aliphatic rings. The average molecular weight is 803 g/mol. The maximum Gasteiger partial charge on any atom is 0.320 e. The molecule has 0 aliphatic carbocycles. The molecule has 0 bridgehead atoms. The number of rotatable bonds is 9. The van der Waals surface area contributed by atoms with Crippen LogP contribution < -0.4 is 20.9 Å². The molecule has 59 heavy (non-hydrogen) atoms. The third-order valence-corrected chi connectivity index (χ3v) is 13.9. The summed E-state index contributed by atoms with van der Waals surface area (Å²) in [4.78, 5) is 84.3. The second kappa shape index (κ2) is 15.9. The van der Waals surface area contributed by atoms with Gasteiger partial charge in [0.2, 0.25) is 11.8 Å². The number of likely N-dealkylation sites (tertiary alicyclic amines) is 1. The van der Waals surface area contributed by atoms with Gasteiger partial charge in [-0.2, -0.15) is 0 Å². The van der Waals surface area contributed by atoms with Gasteiger partial charge in [0.25, 0.3) is 11.8 Å². The Morgan fingerprint density at radius 1 is 0.864 bits per heavy atom. The lowest BCUT2D eigenvalue weighted by Crippen LogP contribution is -2.52. The Balaban J connectivity index is 0.770. The molecular weight excluding hydrogens is 749 g/mol. The lowest BCUT2D eigenvalue weighted by molar-refractivity contribution is -0.136. The van der Waals surface area contributed by atoms with Gasteiger partial charge < -0.3 is 30.2 Å². The molecule has 1 aromatic heterocycles. The van der Waals surface area contributed by atoms with E-state index in [1.165, 1.54) is 24.1 Å². The van der Waals surface area contributed by atoms with Crippen molar-refractivity contribution in [1.82, 2.24) is 34.9 Å². The predicted octanol–water partition coefficient (Wildman–Crippen LogP) is 3.15. The number of piperidine rings is 4. The highest BCUT2D eigenvalue weighted by Gasteiger charge is 2.41. The number of fused-ring (bicyclic) bond motifs is 1. The monoisotopic (exact) mass is 802 g/mol. The highest BCUT2D eigenvalue weighted by molar-refractivity contribution is 6.05. The third kappa shape index (κ3) is 7.84. The van der Waals surface area contributed by atoms with Crippen LogP contribution in [0.5, 0.6) is 0 Å². The first-order chi connectivity index (χ1) is 28.5. The number of benzene rings is 2. The number of likely N-dealkylation sites (N-methyl/N-ethyl adjacent to an activating group) is 1. The van der Waals surface area contributed by atoms with E-state index in [1.807, 2.05) is 24.1 Å². The van der Waals surface area contributed by atoms with Crippen LogP contribution in [0.1, 0.15) is 94.6 Å². The molecule has 6 amide bonds. The number of hydrogen-bond acceptors (Lipinski definition) is 10. The van der Waals surface area contributed by atoms with Crippen LogP contribution in [0, 0.1) is 5.41 Å². The van der Waals surface area contributed by atoms with E-state index in [2.05, 4.69) is 55.3 Å². The van der Waals surface area contributed by atoms with Crippen molar-refractivity contribution in [3.8, 4) is 0 Å². The summed E-state index contributed by atoms with van der Waals surface area (Å²) in [5, 5.41) is 2.38. The van der Waals surface area contributed by atoms with Crippen LogP contribution in [0.15, 0.2) is 48.7 Å². The predicted molar refractivity (Wildman–Crippen MR) is 221 cm³/mol. The van der Waals surface area contributed by atoms with E-state index in [1.54, 1.807) is 16.0 Å². The molecule has 6 aliphatic heterocycles. The van der Waals surface area contributed by atoms with Crippen molar-refractivity contribution >= 4 is 41.2 Å². The molecule has 5 saturated heterocycles. The molecule has 0 saturated carbocycles. The summed E-state index contributed by atoms with van der Waals surface area (Å²) in [7, 11) is 1.84. The number of urea groups is 1. The molecule has 9 rings (SSSR count). The van der Waals surface area contributed by atoms with E-state index in [0.717, 1.165) is 89.2 Å². The number of hydrogen-bond donors (Lipinski definition) is 2.